The van der Waals surface area contributed by atoms with Crippen molar-refractivity contribution in [3.8, 4) is 0 Å². The number of alkyl halides is 6. The van der Waals surface area contributed by atoms with E-state index in [-0.39, 0.29) is 24.3 Å². The lowest BCUT2D eigenvalue weighted by Gasteiger charge is -2.33. The van der Waals surface area contributed by atoms with Gasteiger partial charge in [0, 0.05) is 13.1 Å². The van der Waals surface area contributed by atoms with Crippen LogP contribution in [0.3, 0.4) is 0 Å². The van der Waals surface area contributed by atoms with Crippen molar-refractivity contribution in [3.05, 3.63) is 52.4 Å². The fourth-order valence-electron chi connectivity index (χ4n) is 3.04. The van der Waals surface area contributed by atoms with E-state index < -0.39 is 23.5 Å². The minimum Gasteiger partial charge on any atom is -0.372 e. The van der Waals surface area contributed by atoms with E-state index in [1.54, 1.807) is 11.3 Å². The fourth-order valence-corrected chi connectivity index (χ4v) is 3.81. The molecule has 2 nitrogen and oxygen atoms in total. The Bertz CT molecular complexity index is 724. The second-order valence-corrected chi connectivity index (χ2v) is 7.31. The van der Waals surface area contributed by atoms with Gasteiger partial charge in [-0.25, -0.2) is 0 Å². The highest BCUT2D eigenvalue weighted by Crippen LogP contribution is 2.36. The molecule has 1 aliphatic heterocycles. The second-order valence-electron chi connectivity index (χ2n) is 6.39. The summed E-state index contributed by atoms with van der Waals surface area (Å²) in [6.07, 6.45) is -8.38. The van der Waals surface area contributed by atoms with E-state index in [9.17, 15) is 26.3 Å². The van der Waals surface area contributed by atoms with Crippen LogP contribution in [0.25, 0.3) is 0 Å². The van der Waals surface area contributed by atoms with Gasteiger partial charge in [-0.2, -0.15) is 26.3 Å². The van der Waals surface area contributed by atoms with Gasteiger partial charge in [0.05, 0.1) is 28.8 Å². The molecule has 27 heavy (non-hydrogen) atoms. The highest BCUT2D eigenvalue weighted by atomic mass is 32.1. The molecule has 3 rings (SSSR count). The van der Waals surface area contributed by atoms with Gasteiger partial charge in [-0.15, -0.1) is 11.3 Å². The van der Waals surface area contributed by atoms with E-state index in [4.69, 9.17) is 4.74 Å². The third-order valence-corrected chi connectivity index (χ3v) is 5.26. The summed E-state index contributed by atoms with van der Waals surface area (Å²) in [5.74, 6) is 0. The monoisotopic (exact) mass is 409 g/mol. The summed E-state index contributed by atoms with van der Waals surface area (Å²) in [6, 6.07) is 5.45. The van der Waals surface area contributed by atoms with Crippen molar-refractivity contribution in [2.45, 2.75) is 37.9 Å². The van der Waals surface area contributed by atoms with Gasteiger partial charge < -0.3 is 9.64 Å². The number of halogens is 6. The van der Waals surface area contributed by atoms with Crippen molar-refractivity contribution in [1.82, 2.24) is 0 Å². The SMILES string of the molecule is FC(F)(F)c1cc(CO[C@H]2CCCN(c3cccs3)C2)cc(C(F)(F)F)c1. The van der Waals surface area contributed by atoms with Crippen LogP contribution in [0, 0.1) is 0 Å². The number of benzene rings is 1. The summed E-state index contributed by atoms with van der Waals surface area (Å²) in [5, 5.41) is 3.02. The lowest BCUT2D eigenvalue weighted by atomic mass is 10.0. The Kier molecular flexibility index (Phi) is 5.71. The molecule has 0 amide bonds. The molecule has 1 atom stereocenters. The Balaban J connectivity index is 1.71. The molecule has 2 heterocycles. The zero-order chi connectivity index (χ0) is 19.7. The van der Waals surface area contributed by atoms with Crippen LogP contribution in [0.5, 0.6) is 0 Å². The lowest BCUT2D eigenvalue weighted by molar-refractivity contribution is -0.143. The van der Waals surface area contributed by atoms with Crippen molar-refractivity contribution in [1.29, 1.82) is 0 Å². The van der Waals surface area contributed by atoms with Crippen LogP contribution < -0.4 is 4.90 Å². The zero-order valence-electron chi connectivity index (χ0n) is 14.1. The third-order valence-electron chi connectivity index (χ3n) is 4.33. The van der Waals surface area contributed by atoms with Crippen LogP contribution in [0.2, 0.25) is 0 Å². The largest absolute Gasteiger partial charge is 0.416 e. The number of piperidine rings is 1. The predicted molar refractivity (Wildman–Crippen MR) is 90.8 cm³/mol. The van der Waals surface area contributed by atoms with Gasteiger partial charge in [-0.1, -0.05) is 0 Å². The maximum absolute atomic E-state index is 12.9. The molecule has 0 N–H and O–H groups in total. The van der Waals surface area contributed by atoms with Crippen LogP contribution >= 0.6 is 11.3 Å². The molecule has 1 aromatic carbocycles. The summed E-state index contributed by atoms with van der Waals surface area (Å²) in [4.78, 5) is 2.12. The van der Waals surface area contributed by atoms with Crippen molar-refractivity contribution in [3.63, 3.8) is 0 Å². The Morgan fingerprint density at radius 3 is 2.26 bits per heavy atom. The molecule has 1 saturated heterocycles. The number of thiophene rings is 1. The van der Waals surface area contributed by atoms with Gasteiger partial charge in [0.25, 0.3) is 0 Å². The Hall–Kier alpha value is -1.74. The van der Waals surface area contributed by atoms with E-state index in [1.165, 1.54) is 0 Å². The first kappa shape index (κ1) is 20.0. The molecule has 148 valence electrons. The van der Waals surface area contributed by atoms with Crippen LogP contribution in [0.4, 0.5) is 31.3 Å². The normalized spacial score (nSPS) is 18.7. The molecule has 2 aromatic rings. The Labute approximate surface area is 156 Å². The highest BCUT2D eigenvalue weighted by molar-refractivity contribution is 7.14. The van der Waals surface area contributed by atoms with Gasteiger partial charge in [-0.05, 0) is 54.1 Å². The molecule has 1 aliphatic rings. The first-order chi connectivity index (χ1) is 12.6. The molecule has 0 spiro atoms. The van der Waals surface area contributed by atoms with Gasteiger partial charge in [0.2, 0.25) is 0 Å². The van der Waals surface area contributed by atoms with Crippen molar-refractivity contribution in [2.24, 2.45) is 0 Å². The number of ether oxygens (including phenoxy) is 1. The van der Waals surface area contributed by atoms with Crippen molar-refractivity contribution in [2.75, 3.05) is 18.0 Å². The van der Waals surface area contributed by atoms with Gasteiger partial charge >= 0.3 is 12.4 Å². The molecule has 1 aromatic heterocycles. The summed E-state index contributed by atoms with van der Waals surface area (Å²) < 4.78 is 83.2. The van der Waals surface area contributed by atoms with Crippen molar-refractivity contribution >= 4 is 16.3 Å². The zero-order valence-corrected chi connectivity index (χ0v) is 14.9. The van der Waals surface area contributed by atoms with Gasteiger partial charge in [-0.3, -0.25) is 0 Å². The maximum Gasteiger partial charge on any atom is 0.416 e. The fraction of sp³-hybridized carbons (Fsp3) is 0.444. The number of hydrogen-bond donors (Lipinski definition) is 0. The average Bonchev–Trinajstić information content (AvgIpc) is 3.13. The summed E-state index contributed by atoms with van der Waals surface area (Å²) in [6.45, 7) is 1.11. The van der Waals surface area contributed by atoms with E-state index in [0.29, 0.717) is 13.0 Å². The Morgan fingerprint density at radius 2 is 1.70 bits per heavy atom. The average molecular weight is 409 g/mol. The molecular weight excluding hydrogens is 392 g/mol. The minimum atomic E-state index is -4.85. The smallest absolute Gasteiger partial charge is 0.372 e. The number of rotatable bonds is 4. The summed E-state index contributed by atoms with van der Waals surface area (Å²) in [7, 11) is 0. The summed E-state index contributed by atoms with van der Waals surface area (Å²) >= 11 is 1.58. The molecular formula is C18H17F6NOS. The topological polar surface area (TPSA) is 12.5 Å². The van der Waals surface area contributed by atoms with E-state index in [0.717, 1.165) is 30.1 Å². The molecule has 0 saturated carbocycles. The standard InChI is InChI=1S/C18H17F6NOS/c19-17(20,21)13-7-12(8-14(9-13)18(22,23)24)11-26-15-3-1-5-25(10-15)16-4-2-6-27-16/h2,4,6-9,15H,1,3,5,10-11H2/t15-/m0/s1. The number of hydrogen-bond acceptors (Lipinski definition) is 3. The van der Waals surface area contributed by atoms with Crippen LogP contribution in [0.1, 0.15) is 29.5 Å². The number of nitrogens with zero attached hydrogens (tertiary/aromatic N) is 1. The molecule has 0 aliphatic carbocycles. The van der Waals surface area contributed by atoms with Gasteiger partial charge in [0.1, 0.15) is 0 Å². The van der Waals surface area contributed by atoms with Crippen LogP contribution in [-0.4, -0.2) is 19.2 Å². The molecule has 0 unspecified atom stereocenters. The van der Waals surface area contributed by atoms with E-state index in [1.807, 2.05) is 17.5 Å². The van der Waals surface area contributed by atoms with Crippen LogP contribution in [-0.2, 0) is 23.7 Å². The molecule has 9 heteroatoms. The first-order valence-corrected chi connectivity index (χ1v) is 9.19. The number of anilines is 1. The quantitative estimate of drug-likeness (QED) is 0.577. The summed E-state index contributed by atoms with van der Waals surface area (Å²) in [5.41, 5.74) is -2.77. The third kappa shape index (κ3) is 5.16. The maximum atomic E-state index is 12.9. The molecule has 0 bridgehead atoms. The van der Waals surface area contributed by atoms with E-state index >= 15 is 0 Å². The van der Waals surface area contributed by atoms with Gasteiger partial charge in [0.15, 0.2) is 0 Å². The Morgan fingerprint density at radius 1 is 1.04 bits per heavy atom. The molecule has 0 radical (unpaired) electrons. The minimum absolute atomic E-state index is 0.128. The second kappa shape index (κ2) is 7.71. The molecule has 1 fully saturated rings. The van der Waals surface area contributed by atoms with E-state index in [2.05, 4.69) is 4.90 Å². The lowest BCUT2D eigenvalue weighted by Crippen LogP contribution is -2.39. The first-order valence-electron chi connectivity index (χ1n) is 8.31. The predicted octanol–water partition coefficient (Wildman–Crippen LogP) is 5.97. The van der Waals surface area contributed by atoms with Crippen LogP contribution in [0.15, 0.2) is 35.7 Å². The van der Waals surface area contributed by atoms with Crippen molar-refractivity contribution < 1.29 is 31.1 Å². The highest BCUT2D eigenvalue weighted by Gasteiger charge is 2.37.